The van der Waals surface area contributed by atoms with E-state index in [0.717, 1.165) is 0 Å². The molecular formula is C9H20N4O4S. The van der Waals surface area contributed by atoms with E-state index in [1.54, 1.807) is 0 Å². The Labute approximate surface area is 107 Å². The molecule has 1 aliphatic rings. The molecule has 0 aromatic rings. The van der Waals surface area contributed by atoms with Gasteiger partial charge in [-0.3, -0.25) is 0 Å². The molecule has 0 saturated carbocycles. The third-order valence-corrected chi connectivity index (χ3v) is 4.28. The Morgan fingerprint density at radius 1 is 1.56 bits per heavy atom. The van der Waals surface area contributed by atoms with Crippen molar-refractivity contribution in [3.8, 4) is 0 Å². The molecule has 0 radical (unpaired) electrons. The fraction of sp³-hybridized carbons (Fsp3) is 0.889. The Balaban J connectivity index is 2.71. The zero-order valence-corrected chi connectivity index (χ0v) is 11.2. The van der Waals surface area contributed by atoms with E-state index in [1.165, 1.54) is 4.31 Å². The summed E-state index contributed by atoms with van der Waals surface area (Å²) < 4.78 is 32.9. The third kappa shape index (κ3) is 4.09. The van der Waals surface area contributed by atoms with Crippen molar-refractivity contribution in [2.45, 2.75) is 25.8 Å². The van der Waals surface area contributed by atoms with Crippen LogP contribution in [0.4, 0.5) is 0 Å². The average Bonchev–Trinajstić information content (AvgIpc) is 2.38. The molecule has 106 valence electrons. The van der Waals surface area contributed by atoms with E-state index in [-0.39, 0.29) is 5.84 Å². The molecule has 9 heteroatoms. The number of ether oxygens (including phenoxy) is 1. The van der Waals surface area contributed by atoms with E-state index >= 15 is 0 Å². The highest BCUT2D eigenvalue weighted by atomic mass is 32.2. The summed E-state index contributed by atoms with van der Waals surface area (Å²) >= 11 is 0. The monoisotopic (exact) mass is 280 g/mol. The fourth-order valence-electron chi connectivity index (χ4n) is 1.67. The Kier molecular flexibility index (Phi) is 5.79. The van der Waals surface area contributed by atoms with Crippen molar-refractivity contribution < 1.29 is 18.4 Å². The highest BCUT2D eigenvalue weighted by molar-refractivity contribution is 7.87. The molecule has 1 heterocycles. The first-order valence-corrected chi connectivity index (χ1v) is 7.27. The Bertz CT molecular complexity index is 378. The lowest BCUT2D eigenvalue weighted by molar-refractivity contribution is 0.0724. The molecule has 0 amide bonds. The van der Waals surface area contributed by atoms with Crippen molar-refractivity contribution in [2.24, 2.45) is 10.9 Å². The quantitative estimate of drug-likeness (QED) is 0.251. The maximum absolute atomic E-state index is 12.1. The summed E-state index contributed by atoms with van der Waals surface area (Å²) in [4.78, 5) is 0. The zero-order valence-electron chi connectivity index (χ0n) is 10.4. The third-order valence-electron chi connectivity index (χ3n) is 2.65. The predicted molar refractivity (Wildman–Crippen MR) is 66.6 cm³/mol. The van der Waals surface area contributed by atoms with Gasteiger partial charge in [-0.2, -0.15) is 17.4 Å². The molecule has 1 rings (SSSR count). The van der Waals surface area contributed by atoms with Gasteiger partial charge in [-0.05, 0) is 6.42 Å². The number of morpholine rings is 1. The number of hydrogen-bond donors (Lipinski definition) is 3. The second-order valence-electron chi connectivity index (χ2n) is 4.00. The smallest absolute Gasteiger partial charge is 0.280 e. The van der Waals surface area contributed by atoms with Crippen LogP contribution in [0.2, 0.25) is 0 Å². The molecule has 8 nitrogen and oxygen atoms in total. The van der Waals surface area contributed by atoms with Crippen molar-refractivity contribution in [3.05, 3.63) is 0 Å². The fourth-order valence-corrected chi connectivity index (χ4v) is 3.04. The van der Waals surface area contributed by atoms with Crippen molar-refractivity contribution in [3.63, 3.8) is 0 Å². The molecule has 18 heavy (non-hydrogen) atoms. The van der Waals surface area contributed by atoms with Crippen LogP contribution in [0.25, 0.3) is 0 Å². The number of nitrogens with zero attached hydrogens (tertiary/aromatic N) is 2. The van der Waals surface area contributed by atoms with Gasteiger partial charge < -0.3 is 15.7 Å². The summed E-state index contributed by atoms with van der Waals surface area (Å²) in [6.45, 7) is 3.27. The van der Waals surface area contributed by atoms with Crippen LogP contribution in [-0.2, 0) is 14.9 Å². The highest BCUT2D eigenvalue weighted by Gasteiger charge is 2.28. The number of nitrogens with one attached hydrogen (secondary N) is 1. The van der Waals surface area contributed by atoms with E-state index in [1.807, 2.05) is 6.92 Å². The second kappa shape index (κ2) is 6.88. The Morgan fingerprint density at radius 2 is 2.17 bits per heavy atom. The maximum atomic E-state index is 12.1. The number of amidine groups is 1. The molecule has 1 fully saturated rings. The first-order chi connectivity index (χ1) is 8.51. The molecule has 0 aliphatic carbocycles. The standard InChI is InChI=1S/C9H20N4O4S/c1-2-3-8(9(10)11-14)12-18(15,16)13-4-6-17-7-5-13/h8,12,14H,2-7H2,1H3,(H2,10,11). The lowest BCUT2D eigenvalue weighted by Gasteiger charge is -2.28. The van der Waals surface area contributed by atoms with E-state index in [0.29, 0.717) is 39.1 Å². The molecule has 4 N–H and O–H groups in total. The van der Waals surface area contributed by atoms with Gasteiger partial charge in [-0.1, -0.05) is 18.5 Å². The van der Waals surface area contributed by atoms with Crippen LogP contribution in [0.3, 0.4) is 0 Å². The molecule has 1 unspecified atom stereocenters. The lowest BCUT2D eigenvalue weighted by Crippen LogP contribution is -2.52. The van der Waals surface area contributed by atoms with Crippen molar-refractivity contribution in [1.82, 2.24) is 9.03 Å². The zero-order chi connectivity index (χ0) is 13.6. The van der Waals surface area contributed by atoms with Gasteiger partial charge in [0, 0.05) is 13.1 Å². The molecule has 0 bridgehead atoms. The van der Waals surface area contributed by atoms with Crippen LogP contribution >= 0.6 is 0 Å². The van der Waals surface area contributed by atoms with Gasteiger partial charge in [-0.15, -0.1) is 0 Å². The van der Waals surface area contributed by atoms with Crippen LogP contribution in [0, 0.1) is 0 Å². The van der Waals surface area contributed by atoms with Crippen LogP contribution < -0.4 is 10.5 Å². The summed E-state index contributed by atoms with van der Waals surface area (Å²) in [7, 11) is -3.63. The normalized spacial score (nSPS) is 20.8. The first kappa shape index (κ1) is 15.2. The summed E-state index contributed by atoms with van der Waals surface area (Å²) in [6.07, 6.45) is 1.19. The number of nitrogens with two attached hydrogens (primary N) is 1. The molecule has 0 aromatic carbocycles. The van der Waals surface area contributed by atoms with Crippen LogP contribution in [0.5, 0.6) is 0 Å². The van der Waals surface area contributed by atoms with E-state index in [2.05, 4.69) is 9.88 Å². The largest absolute Gasteiger partial charge is 0.409 e. The van der Waals surface area contributed by atoms with Gasteiger partial charge in [0.15, 0.2) is 5.84 Å². The van der Waals surface area contributed by atoms with Crippen molar-refractivity contribution >= 4 is 16.0 Å². The van der Waals surface area contributed by atoms with Gasteiger partial charge in [0.1, 0.15) is 0 Å². The molecule has 0 aromatic heterocycles. The van der Waals surface area contributed by atoms with E-state index in [4.69, 9.17) is 15.7 Å². The summed E-state index contributed by atoms with van der Waals surface area (Å²) in [5.41, 5.74) is 5.47. The number of hydrogen-bond acceptors (Lipinski definition) is 5. The Morgan fingerprint density at radius 3 is 2.67 bits per heavy atom. The van der Waals surface area contributed by atoms with Gasteiger partial charge >= 0.3 is 0 Å². The van der Waals surface area contributed by atoms with Gasteiger partial charge in [0.2, 0.25) is 0 Å². The van der Waals surface area contributed by atoms with Gasteiger partial charge in [0.05, 0.1) is 19.3 Å². The van der Waals surface area contributed by atoms with Crippen LogP contribution in [-0.4, -0.2) is 56.1 Å². The van der Waals surface area contributed by atoms with Crippen molar-refractivity contribution in [1.29, 1.82) is 0 Å². The Hall–Kier alpha value is -0.900. The first-order valence-electron chi connectivity index (χ1n) is 5.83. The number of rotatable bonds is 6. The lowest BCUT2D eigenvalue weighted by atomic mass is 10.2. The molecular weight excluding hydrogens is 260 g/mol. The van der Waals surface area contributed by atoms with Crippen molar-refractivity contribution in [2.75, 3.05) is 26.3 Å². The molecule has 1 aliphatic heterocycles. The topological polar surface area (TPSA) is 117 Å². The maximum Gasteiger partial charge on any atom is 0.280 e. The molecule has 1 atom stereocenters. The minimum Gasteiger partial charge on any atom is -0.409 e. The van der Waals surface area contributed by atoms with Gasteiger partial charge in [-0.25, -0.2) is 0 Å². The highest BCUT2D eigenvalue weighted by Crippen LogP contribution is 2.06. The summed E-state index contributed by atoms with van der Waals surface area (Å²) in [5.74, 6) is -0.131. The average molecular weight is 280 g/mol. The van der Waals surface area contributed by atoms with E-state index < -0.39 is 16.3 Å². The van der Waals surface area contributed by atoms with Crippen LogP contribution in [0.1, 0.15) is 19.8 Å². The minimum absolute atomic E-state index is 0.131. The minimum atomic E-state index is -3.63. The molecule has 0 spiro atoms. The second-order valence-corrected chi connectivity index (χ2v) is 5.70. The molecule has 1 saturated heterocycles. The van der Waals surface area contributed by atoms with Gasteiger partial charge in [0.25, 0.3) is 10.2 Å². The SMILES string of the molecule is CCCC(NS(=O)(=O)N1CCOCC1)/C(N)=N/O. The summed E-state index contributed by atoms with van der Waals surface area (Å²) in [6, 6.07) is -0.687. The predicted octanol–water partition coefficient (Wildman–Crippen LogP) is -0.932. The van der Waals surface area contributed by atoms with Crippen LogP contribution in [0.15, 0.2) is 5.16 Å². The number of oxime groups is 1. The summed E-state index contributed by atoms with van der Waals surface area (Å²) in [5, 5.41) is 11.5. The van der Waals surface area contributed by atoms with E-state index in [9.17, 15) is 8.42 Å².